The van der Waals surface area contributed by atoms with Crippen LogP contribution in [-0.2, 0) is 11.2 Å². The van der Waals surface area contributed by atoms with Gasteiger partial charge >= 0.3 is 0 Å². The number of carbonyl (C=O) groups is 1. The summed E-state index contributed by atoms with van der Waals surface area (Å²) in [6, 6.07) is 6.31. The number of aryl methyl sites for hydroxylation is 1. The van der Waals surface area contributed by atoms with Crippen LogP contribution in [0.5, 0.6) is 11.5 Å². The normalized spacial score (nSPS) is 13.0. The molecule has 0 aromatic heterocycles. The molecule has 0 atom stereocenters. The summed E-state index contributed by atoms with van der Waals surface area (Å²) in [6.45, 7) is 5.27. The number of ether oxygens (including phenoxy) is 2. The number of allylic oxidation sites excluding steroid dienone is 3. The highest BCUT2D eigenvalue weighted by Crippen LogP contribution is 2.32. The van der Waals surface area contributed by atoms with Crippen LogP contribution in [0.1, 0.15) is 83.6 Å². The summed E-state index contributed by atoms with van der Waals surface area (Å²) in [5.74, 6) is 2.25. The Morgan fingerprint density at radius 1 is 0.935 bits per heavy atom. The van der Waals surface area contributed by atoms with Crippen molar-refractivity contribution in [3.8, 4) is 11.5 Å². The molecule has 0 saturated heterocycles. The van der Waals surface area contributed by atoms with Crippen molar-refractivity contribution >= 4 is 5.91 Å². The number of hydrogen-bond acceptors (Lipinski definition) is 3. The molecule has 4 heteroatoms. The van der Waals surface area contributed by atoms with Gasteiger partial charge < -0.3 is 14.8 Å². The number of unbranched alkanes of at least 4 members (excludes halogenated alkanes) is 9. The van der Waals surface area contributed by atoms with E-state index in [4.69, 9.17) is 9.47 Å². The van der Waals surface area contributed by atoms with E-state index in [-0.39, 0.29) is 5.91 Å². The van der Waals surface area contributed by atoms with Crippen LogP contribution in [0.25, 0.3) is 0 Å². The topological polar surface area (TPSA) is 47.6 Å². The van der Waals surface area contributed by atoms with Crippen LogP contribution in [0, 0.1) is 5.92 Å². The molecule has 2 rings (SSSR count). The Kier molecular flexibility index (Phi) is 12.6. The van der Waals surface area contributed by atoms with E-state index in [9.17, 15) is 4.79 Å². The molecule has 0 saturated carbocycles. The highest BCUT2D eigenvalue weighted by molar-refractivity contribution is 5.87. The molecule has 0 bridgehead atoms. The summed E-state index contributed by atoms with van der Waals surface area (Å²) in [6.07, 6.45) is 21.6. The number of carbonyl (C=O) groups excluding carboxylic acids is 1. The molecule has 0 spiro atoms. The third-order valence-electron chi connectivity index (χ3n) is 5.45. The van der Waals surface area contributed by atoms with E-state index in [0.29, 0.717) is 12.7 Å². The summed E-state index contributed by atoms with van der Waals surface area (Å²) in [7, 11) is 0. The van der Waals surface area contributed by atoms with Gasteiger partial charge in [0.25, 0.3) is 0 Å². The van der Waals surface area contributed by atoms with Crippen molar-refractivity contribution in [1.82, 2.24) is 5.32 Å². The minimum atomic E-state index is -0.00807. The fourth-order valence-electron chi connectivity index (χ4n) is 3.61. The van der Waals surface area contributed by atoms with Crippen LogP contribution >= 0.6 is 0 Å². The lowest BCUT2D eigenvalue weighted by molar-refractivity contribution is -0.116. The maximum absolute atomic E-state index is 11.5. The quantitative estimate of drug-likeness (QED) is 0.180. The number of fused-ring (bicyclic) bond motifs is 1. The maximum Gasteiger partial charge on any atom is 0.243 e. The van der Waals surface area contributed by atoms with E-state index in [0.717, 1.165) is 30.9 Å². The lowest BCUT2D eigenvalue weighted by atomic mass is 10.0. The van der Waals surface area contributed by atoms with Gasteiger partial charge in [0.2, 0.25) is 12.7 Å². The molecule has 0 fully saturated rings. The summed E-state index contributed by atoms with van der Waals surface area (Å²) < 4.78 is 10.8. The second-order valence-electron chi connectivity index (χ2n) is 8.83. The van der Waals surface area contributed by atoms with Crippen LogP contribution in [0.4, 0.5) is 0 Å². The predicted octanol–water partition coefficient (Wildman–Crippen LogP) is 6.74. The van der Waals surface area contributed by atoms with Crippen molar-refractivity contribution in [2.75, 3.05) is 13.3 Å². The Bertz CT molecular complexity index is 694. The molecule has 0 aliphatic carbocycles. The van der Waals surface area contributed by atoms with Crippen molar-refractivity contribution in [2.24, 2.45) is 5.92 Å². The minimum absolute atomic E-state index is 0.00807. The summed E-state index contributed by atoms with van der Waals surface area (Å²) >= 11 is 0. The zero-order chi connectivity index (χ0) is 22.2. The second-order valence-corrected chi connectivity index (χ2v) is 8.83. The monoisotopic (exact) mass is 427 g/mol. The number of amides is 1. The highest BCUT2D eigenvalue weighted by atomic mass is 16.7. The summed E-state index contributed by atoms with van der Waals surface area (Å²) in [4.78, 5) is 11.5. The molecule has 1 aromatic carbocycles. The van der Waals surface area contributed by atoms with E-state index < -0.39 is 0 Å². The van der Waals surface area contributed by atoms with E-state index >= 15 is 0 Å². The Morgan fingerprint density at radius 2 is 1.61 bits per heavy atom. The van der Waals surface area contributed by atoms with E-state index in [2.05, 4.69) is 37.4 Å². The van der Waals surface area contributed by atoms with E-state index in [1.54, 1.807) is 6.08 Å². The Morgan fingerprint density at radius 3 is 2.35 bits per heavy atom. The molecule has 1 aliphatic heterocycles. The number of benzene rings is 1. The lowest BCUT2D eigenvalue weighted by Crippen LogP contribution is -2.25. The molecule has 31 heavy (non-hydrogen) atoms. The standard InChI is InChI=1S/C27H41NO3/c1-23(2)21-28-27(29)17-15-13-11-9-7-5-3-4-6-8-10-12-14-16-24-18-19-25-26(20-24)31-22-30-25/h11,13,15,17-20,23H,3-10,12,14,16,21-22H2,1-2H3,(H,28,29)/b13-11?,17-15+. The van der Waals surface area contributed by atoms with E-state index in [1.165, 1.54) is 63.4 Å². The molecule has 4 nitrogen and oxygen atoms in total. The third kappa shape index (κ3) is 11.7. The molecular formula is C27H41NO3. The van der Waals surface area contributed by atoms with Gasteiger partial charge in [0.1, 0.15) is 0 Å². The first-order valence-corrected chi connectivity index (χ1v) is 12.1. The summed E-state index contributed by atoms with van der Waals surface area (Å²) in [5, 5.41) is 2.88. The third-order valence-corrected chi connectivity index (χ3v) is 5.45. The lowest BCUT2D eigenvalue weighted by Gasteiger charge is -2.04. The van der Waals surface area contributed by atoms with Crippen molar-refractivity contribution in [3.63, 3.8) is 0 Å². The van der Waals surface area contributed by atoms with Gasteiger partial charge in [0, 0.05) is 12.6 Å². The zero-order valence-electron chi connectivity index (χ0n) is 19.5. The van der Waals surface area contributed by atoms with Crippen molar-refractivity contribution in [3.05, 3.63) is 48.1 Å². The largest absolute Gasteiger partial charge is 0.454 e. The highest BCUT2D eigenvalue weighted by Gasteiger charge is 2.12. The zero-order valence-corrected chi connectivity index (χ0v) is 19.5. The fraction of sp³-hybridized carbons (Fsp3) is 0.593. The van der Waals surface area contributed by atoms with Gasteiger partial charge in [-0.2, -0.15) is 0 Å². The fourth-order valence-corrected chi connectivity index (χ4v) is 3.61. The molecule has 1 amide bonds. The molecule has 1 N–H and O–H groups in total. The molecule has 172 valence electrons. The summed E-state index contributed by atoms with van der Waals surface area (Å²) in [5.41, 5.74) is 1.35. The molecule has 0 radical (unpaired) electrons. The maximum atomic E-state index is 11.5. The molecule has 1 aliphatic rings. The molecule has 0 unspecified atom stereocenters. The first-order chi connectivity index (χ1) is 15.1. The molecule has 1 heterocycles. The average molecular weight is 428 g/mol. The van der Waals surface area contributed by atoms with Crippen LogP contribution in [0.3, 0.4) is 0 Å². The number of nitrogens with one attached hydrogen (secondary N) is 1. The van der Waals surface area contributed by atoms with Crippen molar-refractivity contribution in [2.45, 2.75) is 84.5 Å². The predicted molar refractivity (Wildman–Crippen MR) is 129 cm³/mol. The van der Waals surface area contributed by atoms with Gasteiger partial charge in [0.15, 0.2) is 11.5 Å². The SMILES string of the molecule is CC(C)CNC(=O)/C=C/C=CCCCCCCCCCCCc1ccc2c(c1)OCO2. The van der Waals surface area contributed by atoms with Crippen molar-refractivity contribution in [1.29, 1.82) is 0 Å². The second kappa shape index (κ2) is 15.6. The van der Waals surface area contributed by atoms with Gasteiger partial charge in [-0.1, -0.05) is 83.1 Å². The minimum Gasteiger partial charge on any atom is -0.454 e. The number of hydrogen-bond donors (Lipinski definition) is 1. The van der Waals surface area contributed by atoms with Crippen molar-refractivity contribution < 1.29 is 14.3 Å². The van der Waals surface area contributed by atoms with Gasteiger partial charge in [-0.05, 0) is 49.3 Å². The van der Waals surface area contributed by atoms with Gasteiger partial charge in [-0.15, -0.1) is 0 Å². The Balaban J connectivity index is 1.35. The van der Waals surface area contributed by atoms with E-state index in [1.807, 2.05) is 18.2 Å². The first-order valence-electron chi connectivity index (χ1n) is 12.1. The van der Waals surface area contributed by atoms with Gasteiger partial charge in [-0.25, -0.2) is 0 Å². The Hall–Kier alpha value is -2.23. The van der Waals surface area contributed by atoms with Gasteiger partial charge in [0.05, 0.1) is 0 Å². The molecular weight excluding hydrogens is 386 g/mol. The van der Waals surface area contributed by atoms with Crippen LogP contribution in [0.2, 0.25) is 0 Å². The first kappa shape index (κ1) is 25.0. The average Bonchev–Trinajstić information content (AvgIpc) is 3.23. The smallest absolute Gasteiger partial charge is 0.243 e. The van der Waals surface area contributed by atoms with Crippen LogP contribution in [0.15, 0.2) is 42.5 Å². The molecule has 1 aromatic rings. The number of rotatable bonds is 16. The van der Waals surface area contributed by atoms with Crippen LogP contribution < -0.4 is 14.8 Å². The Labute approximate surface area is 189 Å². The van der Waals surface area contributed by atoms with Crippen LogP contribution in [-0.4, -0.2) is 19.2 Å². The van der Waals surface area contributed by atoms with Gasteiger partial charge in [-0.3, -0.25) is 4.79 Å².